The van der Waals surface area contributed by atoms with E-state index in [1.165, 1.54) is 0 Å². The molecular weight excluding hydrogens is 226 g/mol. The number of rotatable bonds is 5. The molecule has 0 radical (unpaired) electrons. The number of anilines is 1. The van der Waals surface area contributed by atoms with Crippen LogP contribution in [-0.4, -0.2) is 36.3 Å². The minimum absolute atomic E-state index is 0.348. The molecule has 1 aromatic heterocycles. The molecule has 0 aliphatic heterocycles. The van der Waals surface area contributed by atoms with Gasteiger partial charge in [-0.25, -0.2) is 9.97 Å². The van der Waals surface area contributed by atoms with E-state index in [-0.39, 0.29) is 0 Å². The lowest BCUT2D eigenvalue weighted by Gasteiger charge is -2.27. The number of aryl methyl sites for hydroxylation is 1. The summed E-state index contributed by atoms with van der Waals surface area (Å²) in [4.78, 5) is 10.6. The highest BCUT2D eigenvalue weighted by molar-refractivity contribution is 6.29. The summed E-state index contributed by atoms with van der Waals surface area (Å²) in [5.41, 5.74) is 0. The van der Waals surface area contributed by atoms with Gasteiger partial charge in [-0.1, -0.05) is 11.6 Å². The highest BCUT2D eigenvalue weighted by atomic mass is 35.5. The lowest BCUT2D eigenvalue weighted by molar-refractivity contribution is 0.203. The van der Waals surface area contributed by atoms with Gasteiger partial charge in [0.2, 0.25) is 0 Å². The summed E-state index contributed by atoms with van der Waals surface area (Å²) in [5.74, 6) is 1.54. The second-order valence-electron chi connectivity index (χ2n) is 3.88. The van der Waals surface area contributed by atoms with Crippen LogP contribution in [-0.2, 0) is 4.74 Å². The molecule has 5 heteroatoms. The topological polar surface area (TPSA) is 38.2 Å². The van der Waals surface area contributed by atoms with Crippen LogP contribution in [0.3, 0.4) is 0 Å². The van der Waals surface area contributed by atoms with Crippen LogP contribution in [0.2, 0.25) is 5.15 Å². The van der Waals surface area contributed by atoms with E-state index in [4.69, 9.17) is 16.3 Å². The van der Waals surface area contributed by atoms with Gasteiger partial charge in [0.25, 0.3) is 0 Å². The van der Waals surface area contributed by atoms with Crippen molar-refractivity contribution in [1.82, 2.24) is 9.97 Å². The molecule has 0 aliphatic rings. The maximum atomic E-state index is 5.92. The first-order chi connectivity index (χ1) is 7.54. The number of nitrogens with zero attached hydrogens (tertiary/aromatic N) is 3. The Balaban J connectivity index is 2.91. The number of ether oxygens (including phenoxy) is 1. The minimum atomic E-state index is 0.348. The summed E-state index contributed by atoms with van der Waals surface area (Å²) in [7, 11) is 1.69. The van der Waals surface area contributed by atoms with E-state index in [0.29, 0.717) is 23.6 Å². The number of halogens is 1. The van der Waals surface area contributed by atoms with Crippen LogP contribution in [0, 0.1) is 6.92 Å². The normalized spacial score (nSPS) is 10.9. The van der Waals surface area contributed by atoms with Crippen molar-refractivity contribution in [3.8, 4) is 0 Å². The molecule has 0 aliphatic carbocycles. The molecule has 0 bridgehead atoms. The predicted molar refractivity (Wildman–Crippen MR) is 66.1 cm³/mol. The van der Waals surface area contributed by atoms with Gasteiger partial charge in [-0.3, -0.25) is 0 Å². The van der Waals surface area contributed by atoms with E-state index in [2.05, 4.69) is 28.7 Å². The fourth-order valence-corrected chi connectivity index (χ4v) is 1.71. The minimum Gasteiger partial charge on any atom is -0.383 e. The second kappa shape index (κ2) is 6.01. The average molecular weight is 244 g/mol. The molecule has 90 valence electrons. The molecule has 0 fully saturated rings. The first-order valence-electron chi connectivity index (χ1n) is 5.31. The quantitative estimate of drug-likeness (QED) is 0.744. The Kier molecular flexibility index (Phi) is 4.96. The van der Waals surface area contributed by atoms with Crippen LogP contribution >= 0.6 is 11.6 Å². The zero-order chi connectivity index (χ0) is 12.1. The highest BCUT2D eigenvalue weighted by Crippen LogP contribution is 2.17. The van der Waals surface area contributed by atoms with Crippen molar-refractivity contribution < 1.29 is 4.74 Å². The SMILES string of the molecule is COCCN(c1cc(Cl)nc(C)n1)C(C)C. The predicted octanol–water partition coefficient (Wildman–Crippen LogP) is 2.30. The fraction of sp³-hybridized carbons (Fsp3) is 0.636. The van der Waals surface area contributed by atoms with Crippen molar-refractivity contribution in [2.45, 2.75) is 26.8 Å². The molecular formula is C11H18ClN3O. The standard InChI is InChI=1S/C11H18ClN3O/c1-8(2)15(5-6-16-4)11-7-10(12)13-9(3)14-11/h7-8H,5-6H2,1-4H3. The van der Waals surface area contributed by atoms with Crippen molar-refractivity contribution in [2.75, 3.05) is 25.2 Å². The van der Waals surface area contributed by atoms with Crippen molar-refractivity contribution in [3.63, 3.8) is 0 Å². The maximum absolute atomic E-state index is 5.92. The van der Waals surface area contributed by atoms with Crippen molar-refractivity contribution in [2.24, 2.45) is 0 Å². The Hall–Kier alpha value is -0.870. The number of hydrogen-bond donors (Lipinski definition) is 0. The number of hydrogen-bond acceptors (Lipinski definition) is 4. The Morgan fingerprint density at radius 2 is 2.12 bits per heavy atom. The lowest BCUT2D eigenvalue weighted by Crippen LogP contribution is -2.34. The van der Waals surface area contributed by atoms with Gasteiger partial charge in [0, 0.05) is 25.8 Å². The van der Waals surface area contributed by atoms with Gasteiger partial charge >= 0.3 is 0 Å². The van der Waals surface area contributed by atoms with Crippen LogP contribution in [0.1, 0.15) is 19.7 Å². The van der Waals surface area contributed by atoms with Crippen LogP contribution in [0.5, 0.6) is 0 Å². The molecule has 1 aromatic rings. The Morgan fingerprint density at radius 1 is 1.44 bits per heavy atom. The Labute approximate surface area is 102 Å². The largest absolute Gasteiger partial charge is 0.383 e. The second-order valence-corrected chi connectivity index (χ2v) is 4.26. The van der Waals surface area contributed by atoms with Crippen LogP contribution in [0.4, 0.5) is 5.82 Å². The molecule has 1 heterocycles. The summed E-state index contributed by atoms with van der Waals surface area (Å²) in [6.07, 6.45) is 0. The monoisotopic (exact) mass is 243 g/mol. The van der Waals surface area contributed by atoms with Crippen LogP contribution in [0.15, 0.2) is 6.07 Å². The highest BCUT2D eigenvalue weighted by Gasteiger charge is 2.13. The molecule has 0 amide bonds. The van der Waals surface area contributed by atoms with Gasteiger partial charge < -0.3 is 9.64 Å². The van der Waals surface area contributed by atoms with Gasteiger partial charge in [0.1, 0.15) is 16.8 Å². The Bertz CT molecular complexity index is 324. The molecule has 0 unspecified atom stereocenters. The van der Waals surface area contributed by atoms with Gasteiger partial charge in [-0.05, 0) is 20.8 Å². The first-order valence-corrected chi connectivity index (χ1v) is 5.69. The van der Waals surface area contributed by atoms with E-state index in [1.54, 1.807) is 13.2 Å². The van der Waals surface area contributed by atoms with E-state index >= 15 is 0 Å². The van der Waals surface area contributed by atoms with Gasteiger partial charge in [-0.15, -0.1) is 0 Å². The third-order valence-corrected chi connectivity index (χ3v) is 2.44. The van der Waals surface area contributed by atoms with Gasteiger partial charge in [-0.2, -0.15) is 0 Å². The fourth-order valence-electron chi connectivity index (χ4n) is 1.49. The molecule has 0 saturated heterocycles. The molecule has 0 saturated carbocycles. The van der Waals surface area contributed by atoms with E-state index in [9.17, 15) is 0 Å². The Morgan fingerprint density at radius 3 is 2.62 bits per heavy atom. The molecule has 0 N–H and O–H groups in total. The van der Waals surface area contributed by atoms with Crippen molar-refractivity contribution >= 4 is 17.4 Å². The summed E-state index contributed by atoms with van der Waals surface area (Å²) in [6, 6.07) is 2.13. The van der Waals surface area contributed by atoms with Crippen molar-refractivity contribution in [1.29, 1.82) is 0 Å². The summed E-state index contributed by atoms with van der Waals surface area (Å²) < 4.78 is 5.09. The van der Waals surface area contributed by atoms with Gasteiger partial charge in [0.15, 0.2) is 0 Å². The molecule has 1 rings (SSSR count). The third-order valence-electron chi connectivity index (χ3n) is 2.25. The summed E-state index contributed by atoms with van der Waals surface area (Å²) in [6.45, 7) is 7.52. The molecule has 4 nitrogen and oxygen atoms in total. The molecule has 0 atom stereocenters. The van der Waals surface area contributed by atoms with E-state index in [1.807, 2.05) is 6.92 Å². The summed E-state index contributed by atoms with van der Waals surface area (Å²) >= 11 is 5.92. The molecule has 0 spiro atoms. The number of methoxy groups -OCH3 is 1. The smallest absolute Gasteiger partial charge is 0.134 e. The van der Waals surface area contributed by atoms with E-state index in [0.717, 1.165) is 12.4 Å². The number of aromatic nitrogens is 2. The molecule has 16 heavy (non-hydrogen) atoms. The van der Waals surface area contributed by atoms with E-state index < -0.39 is 0 Å². The van der Waals surface area contributed by atoms with Crippen LogP contribution < -0.4 is 4.90 Å². The summed E-state index contributed by atoms with van der Waals surface area (Å²) in [5, 5.41) is 0.477. The lowest BCUT2D eigenvalue weighted by atomic mass is 10.3. The third kappa shape index (κ3) is 3.61. The first kappa shape index (κ1) is 13.2. The van der Waals surface area contributed by atoms with Gasteiger partial charge in [0.05, 0.1) is 6.61 Å². The van der Waals surface area contributed by atoms with Crippen LogP contribution in [0.25, 0.3) is 0 Å². The molecule has 0 aromatic carbocycles. The van der Waals surface area contributed by atoms with Crippen molar-refractivity contribution in [3.05, 3.63) is 17.0 Å². The maximum Gasteiger partial charge on any atom is 0.134 e. The zero-order valence-corrected chi connectivity index (χ0v) is 11.0. The zero-order valence-electron chi connectivity index (χ0n) is 10.2. The average Bonchev–Trinajstić information content (AvgIpc) is 2.16.